The lowest BCUT2D eigenvalue weighted by Crippen LogP contribution is -2.15. The van der Waals surface area contributed by atoms with Crippen molar-refractivity contribution < 1.29 is 9.47 Å². The number of nitrogen functional groups attached to an aromatic ring is 1. The number of nitrogens with one attached hydrogen (secondary N) is 1. The second kappa shape index (κ2) is 5.44. The van der Waals surface area contributed by atoms with Crippen molar-refractivity contribution in [3.63, 3.8) is 0 Å². The molecule has 0 fully saturated rings. The summed E-state index contributed by atoms with van der Waals surface area (Å²) in [7, 11) is 4.03. The molecule has 0 atom stereocenters. The van der Waals surface area contributed by atoms with E-state index in [1.54, 1.807) is 6.07 Å². The zero-order chi connectivity index (χ0) is 14.8. The number of hydrogen-bond donors (Lipinski definition) is 2. The summed E-state index contributed by atoms with van der Waals surface area (Å²) >= 11 is 0. The number of anilines is 4. The normalized spacial score (nSPS) is 12.9. The highest BCUT2D eigenvalue weighted by Gasteiger charge is 2.14. The number of ether oxygens (including phenoxy) is 2. The molecule has 2 aromatic rings. The Balaban J connectivity index is 1.84. The first-order valence-corrected chi connectivity index (χ1v) is 6.87. The van der Waals surface area contributed by atoms with Crippen molar-refractivity contribution >= 4 is 22.7 Å². The van der Waals surface area contributed by atoms with Crippen LogP contribution in [0.15, 0.2) is 36.4 Å². The maximum atomic E-state index is 6.06. The van der Waals surface area contributed by atoms with Gasteiger partial charge in [0.2, 0.25) is 0 Å². The average Bonchev–Trinajstić information content (AvgIpc) is 2.48. The van der Waals surface area contributed by atoms with Gasteiger partial charge in [0.05, 0.1) is 11.4 Å². The van der Waals surface area contributed by atoms with Crippen LogP contribution >= 0.6 is 0 Å². The Bertz CT molecular complexity index is 639. The van der Waals surface area contributed by atoms with E-state index in [9.17, 15) is 0 Å². The minimum atomic E-state index is 0.561. The van der Waals surface area contributed by atoms with Gasteiger partial charge >= 0.3 is 0 Å². The molecule has 0 saturated heterocycles. The summed E-state index contributed by atoms with van der Waals surface area (Å²) in [6.45, 7) is 1.12. The van der Waals surface area contributed by atoms with Crippen LogP contribution in [0.3, 0.4) is 0 Å². The molecule has 0 radical (unpaired) electrons. The summed E-state index contributed by atoms with van der Waals surface area (Å²) in [6.07, 6.45) is 0. The fourth-order valence-corrected chi connectivity index (χ4v) is 2.21. The third-order valence-corrected chi connectivity index (χ3v) is 3.38. The van der Waals surface area contributed by atoms with Gasteiger partial charge in [0.25, 0.3) is 0 Å². The van der Waals surface area contributed by atoms with E-state index >= 15 is 0 Å². The second-order valence-corrected chi connectivity index (χ2v) is 5.15. The summed E-state index contributed by atoms with van der Waals surface area (Å²) in [5.74, 6) is 1.43. The van der Waals surface area contributed by atoms with Gasteiger partial charge in [0.15, 0.2) is 11.5 Å². The van der Waals surface area contributed by atoms with Crippen LogP contribution in [0, 0.1) is 0 Å². The second-order valence-electron chi connectivity index (χ2n) is 5.15. The number of fused-ring (bicyclic) bond motifs is 1. The summed E-state index contributed by atoms with van der Waals surface area (Å²) in [5, 5.41) is 3.31. The molecule has 1 aliphatic rings. The molecular weight excluding hydrogens is 266 g/mol. The van der Waals surface area contributed by atoms with E-state index in [0.29, 0.717) is 24.7 Å². The smallest absolute Gasteiger partial charge is 0.163 e. The molecule has 0 aromatic heterocycles. The molecule has 5 heteroatoms. The molecule has 0 aliphatic carbocycles. The molecule has 0 bridgehead atoms. The van der Waals surface area contributed by atoms with E-state index in [1.165, 1.54) is 0 Å². The van der Waals surface area contributed by atoms with E-state index in [2.05, 4.69) is 22.3 Å². The van der Waals surface area contributed by atoms with Crippen molar-refractivity contribution in [1.29, 1.82) is 0 Å². The Morgan fingerprint density at radius 2 is 1.62 bits per heavy atom. The Morgan fingerprint density at radius 1 is 1.00 bits per heavy atom. The van der Waals surface area contributed by atoms with Crippen molar-refractivity contribution in [3.8, 4) is 11.5 Å². The van der Waals surface area contributed by atoms with Gasteiger partial charge in [-0.1, -0.05) is 0 Å². The van der Waals surface area contributed by atoms with Gasteiger partial charge in [-0.2, -0.15) is 0 Å². The number of rotatable bonds is 3. The molecule has 1 heterocycles. The van der Waals surface area contributed by atoms with E-state index in [1.807, 2.05) is 32.3 Å². The van der Waals surface area contributed by atoms with Crippen LogP contribution in [-0.2, 0) is 0 Å². The van der Waals surface area contributed by atoms with Crippen molar-refractivity contribution in [2.75, 3.05) is 43.3 Å². The lowest BCUT2D eigenvalue weighted by molar-refractivity contribution is 0.172. The molecule has 5 nitrogen and oxygen atoms in total. The number of nitrogens with zero attached hydrogens (tertiary/aromatic N) is 1. The Morgan fingerprint density at radius 3 is 2.24 bits per heavy atom. The predicted molar refractivity (Wildman–Crippen MR) is 85.9 cm³/mol. The summed E-state index contributed by atoms with van der Waals surface area (Å²) in [6, 6.07) is 11.8. The first-order valence-electron chi connectivity index (χ1n) is 6.87. The fourth-order valence-electron chi connectivity index (χ4n) is 2.21. The Hall–Kier alpha value is -2.56. The molecule has 3 N–H and O–H groups in total. The topological polar surface area (TPSA) is 59.8 Å². The summed E-state index contributed by atoms with van der Waals surface area (Å²) < 4.78 is 11.1. The maximum absolute atomic E-state index is 6.06. The first kappa shape index (κ1) is 13.4. The van der Waals surface area contributed by atoms with E-state index in [-0.39, 0.29) is 0 Å². The maximum Gasteiger partial charge on any atom is 0.163 e. The molecule has 0 amide bonds. The van der Waals surface area contributed by atoms with Crippen molar-refractivity contribution in [1.82, 2.24) is 0 Å². The molecular formula is C16H19N3O2. The van der Waals surface area contributed by atoms with Gasteiger partial charge in [0.1, 0.15) is 13.2 Å². The molecule has 0 unspecified atom stereocenters. The van der Waals surface area contributed by atoms with Gasteiger partial charge < -0.3 is 25.4 Å². The molecule has 3 rings (SSSR count). The summed E-state index contributed by atoms with van der Waals surface area (Å²) in [5.41, 5.74) is 9.64. The molecule has 0 saturated carbocycles. The van der Waals surface area contributed by atoms with Crippen LogP contribution in [0.1, 0.15) is 0 Å². The van der Waals surface area contributed by atoms with Crippen LogP contribution in [0.25, 0.3) is 0 Å². The first-order chi connectivity index (χ1) is 10.1. The van der Waals surface area contributed by atoms with Crippen LogP contribution in [0.2, 0.25) is 0 Å². The minimum Gasteiger partial charge on any atom is -0.486 e. The van der Waals surface area contributed by atoms with Gasteiger partial charge in [-0.15, -0.1) is 0 Å². The third kappa shape index (κ3) is 2.81. The van der Waals surface area contributed by atoms with Gasteiger partial charge in [-0.25, -0.2) is 0 Å². The van der Waals surface area contributed by atoms with Crippen LogP contribution in [-0.4, -0.2) is 27.3 Å². The average molecular weight is 285 g/mol. The van der Waals surface area contributed by atoms with Crippen LogP contribution < -0.4 is 25.4 Å². The largest absolute Gasteiger partial charge is 0.486 e. The third-order valence-electron chi connectivity index (χ3n) is 3.38. The van der Waals surface area contributed by atoms with Crippen molar-refractivity contribution in [2.24, 2.45) is 0 Å². The SMILES string of the molecule is CN(C)c1ccc(Nc2cc3c(cc2N)OCCO3)cc1. The molecule has 2 aromatic carbocycles. The minimum absolute atomic E-state index is 0.561. The quantitative estimate of drug-likeness (QED) is 0.849. The monoisotopic (exact) mass is 285 g/mol. The summed E-state index contributed by atoms with van der Waals surface area (Å²) in [4.78, 5) is 2.06. The predicted octanol–water partition coefficient (Wildman–Crippen LogP) is 2.85. The number of benzene rings is 2. The highest BCUT2D eigenvalue weighted by molar-refractivity contribution is 5.77. The van der Waals surface area contributed by atoms with Gasteiger partial charge in [0, 0.05) is 37.6 Å². The van der Waals surface area contributed by atoms with Crippen molar-refractivity contribution in [3.05, 3.63) is 36.4 Å². The lowest BCUT2D eigenvalue weighted by Gasteiger charge is -2.20. The lowest BCUT2D eigenvalue weighted by atomic mass is 10.2. The zero-order valence-electron chi connectivity index (χ0n) is 12.2. The van der Waals surface area contributed by atoms with E-state index in [0.717, 1.165) is 22.8 Å². The zero-order valence-corrected chi connectivity index (χ0v) is 12.2. The standard InChI is InChI=1S/C16H19N3O2/c1-19(2)12-5-3-11(4-6-12)18-14-10-16-15(9-13(14)17)20-7-8-21-16/h3-6,9-10,18H,7-8,17H2,1-2H3. The van der Waals surface area contributed by atoms with Crippen LogP contribution in [0.5, 0.6) is 11.5 Å². The Kier molecular flexibility index (Phi) is 3.48. The van der Waals surface area contributed by atoms with Gasteiger partial charge in [-0.3, -0.25) is 0 Å². The van der Waals surface area contributed by atoms with Crippen molar-refractivity contribution in [2.45, 2.75) is 0 Å². The van der Waals surface area contributed by atoms with E-state index < -0.39 is 0 Å². The number of nitrogens with two attached hydrogens (primary N) is 1. The molecule has 0 spiro atoms. The highest BCUT2D eigenvalue weighted by atomic mass is 16.6. The van der Waals surface area contributed by atoms with Gasteiger partial charge in [-0.05, 0) is 24.3 Å². The van der Waals surface area contributed by atoms with Crippen LogP contribution in [0.4, 0.5) is 22.7 Å². The highest BCUT2D eigenvalue weighted by Crippen LogP contribution is 2.38. The molecule has 110 valence electrons. The van der Waals surface area contributed by atoms with E-state index in [4.69, 9.17) is 15.2 Å². The molecule has 1 aliphatic heterocycles. The Labute approximate surface area is 124 Å². The molecule has 21 heavy (non-hydrogen) atoms. The fraction of sp³-hybridized carbons (Fsp3) is 0.250. The number of hydrogen-bond acceptors (Lipinski definition) is 5.